The van der Waals surface area contributed by atoms with Gasteiger partial charge < -0.3 is 10.1 Å². The van der Waals surface area contributed by atoms with Gasteiger partial charge in [0, 0.05) is 11.8 Å². The lowest BCUT2D eigenvalue weighted by molar-refractivity contribution is -0.111. The first kappa shape index (κ1) is 15.4. The predicted octanol–water partition coefficient (Wildman–Crippen LogP) is 2.83. The monoisotopic (exact) mass is 296 g/mol. The first-order valence-corrected chi connectivity index (χ1v) is 6.69. The molecule has 0 bridgehead atoms. The number of hydrogen-bond donors (Lipinski definition) is 1. The molecule has 0 saturated carbocycles. The molecule has 22 heavy (non-hydrogen) atoms. The zero-order valence-corrected chi connectivity index (χ0v) is 12.4. The fraction of sp³-hybridized carbons (Fsp3) is 0.118. The highest BCUT2D eigenvalue weighted by Crippen LogP contribution is 2.08. The van der Waals surface area contributed by atoms with Crippen LogP contribution in [0.2, 0.25) is 0 Å². The number of methoxy groups -OCH3 is 1. The van der Waals surface area contributed by atoms with Crippen LogP contribution in [0.4, 0.5) is 5.82 Å². The quantitative estimate of drug-likeness (QED) is 0.696. The summed E-state index contributed by atoms with van der Waals surface area (Å²) in [4.78, 5) is 27.3. The van der Waals surface area contributed by atoms with Crippen molar-refractivity contribution in [3.63, 3.8) is 0 Å². The molecule has 0 aliphatic rings. The number of nitrogens with one attached hydrogen (secondary N) is 1. The average molecular weight is 296 g/mol. The third-order valence-corrected chi connectivity index (χ3v) is 2.90. The van der Waals surface area contributed by atoms with Gasteiger partial charge in [-0.25, -0.2) is 9.78 Å². The van der Waals surface area contributed by atoms with E-state index in [9.17, 15) is 9.59 Å². The van der Waals surface area contributed by atoms with Gasteiger partial charge in [-0.15, -0.1) is 0 Å². The Hall–Kier alpha value is -2.95. The molecule has 0 unspecified atom stereocenters. The minimum absolute atomic E-state index is 0.268. The maximum Gasteiger partial charge on any atom is 0.337 e. The van der Waals surface area contributed by atoms with E-state index in [2.05, 4.69) is 15.0 Å². The van der Waals surface area contributed by atoms with E-state index < -0.39 is 5.97 Å². The fourth-order valence-corrected chi connectivity index (χ4v) is 1.80. The van der Waals surface area contributed by atoms with Crippen molar-refractivity contribution >= 4 is 23.8 Å². The SMILES string of the molecule is COC(=O)c1ccc(/C=C/C(=O)Nc2cccc(C)n2)cc1. The molecule has 0 aliphatic carbocycles. The van der Waals surface area contributed by atoms with Gasteiger partial charge in [0.05, 0.1) is 12.7 Å². The first-order valence-electron chi connectivity index (χ1n) is 6.69. The Kier molecular flexibility index (Phi) is 5.03. The molecule has 1 aromatic carbocycles. The molecule has 0 fully saturated rings. The van der Waals surface area contributed by atoms with Crippen LogP contribution in [0.1, 0.15) is 21.6 Å². The van der Waals surface area contributed by atoms with E-state index >= 15 is 0 Å². The zero-order chi connectivity index (χ0) is 15.9. The topological polar surface area (TPSA) is 68.3 Å². The first-order chi connectivity index (χ1) is 10.6. The maximum absolute atomic E-state index is 11.8. The van der Waals surface area contributed by atoms with Crippen molar-refractivity contribution < 1.29 is 14.3 Å². The molecule has 1 aromatic heterocycles. The number of ether oxygens (including phenoxy) is 1. The van der Waals surface area contributed by atoms with Crippen LogP contribution in [-0.4, -0.2) is 24.0 Å². The van der Waals surface area contributed by atoms with Gasteiger partial charge in [-0.3, -0.25) is 4.79 Å². The van der Waals surface area contributed by atoms with Crippen molar-refractivity contribution in [3.05, 3.63) is 65.4 Å². The molecular weight excluding hydrogens is 280 g/mol. The second-order valence-electron chi connectivity index (χ2n) is 4.60. The van der Waals surface area contributed by atoms with E-state index in [1.54, 1.807) is 36.4 Å². The van der Waals surface area contributed by atoms with Crippen molar-refractivity contribution in [2.75, 3.05) is 12.4 Å². The molecule has 112 valence electrons. The fourth-order valence-electron chi connectivity index (χ4n) is 1.80. The van der Waals surface area contributed by atoms with E-state index in [-0.39, 0.29) is 5.91 Å². The molecule has 0 spiro atoms. The van der Waals surface area contributed by atoms with Crippen molar-refractivity contribution in [1.29, 1.82) is 0 Å². The summed E-state index contributed by atoms with van der Waals surface area (Å²) in [5, 5.41) is 2.68. The standard InChI is InChI=1S/C17H16N2O3/c1-12-4-3-5-15(18-12)19-16(20)11-8-13-6-9-14(10-7-13)17(21)22-2/h3-11H,1-2H3,(H,18,19,20)/b11-8+. The number of anilines is 1. The number of nitrogens with zero attached hydrogens (tertiary/aromatic N) is 1. The summed E-state index contributed by atoms with van der Waals surface area (Å²) in [5.74, 6) is -0.148. The van der Waals surface area contributed by atoms with Crippen LogP contribution in [-0.2, 0) is 9.53 Å². The zero-order valence-electron chi connectivity index (χ0n) is 12.4. The van der Waals surface area contributed by atoms with E-state index in [4.69, 9.17) is 0 Å². The van der Waals surface area contributed by atoms with Crippen LogP contribution in [0.15, 0.2) is 48.5 Å². The Morgan fingerprint density at radius 2 is 1.86 bits per heavy atom. The highest BCUT2D eigenvalue weighted by Gasteiger charge is 2.03. The molecule has 5 heteroatoms. The van der Waals surface area contributed by atoms with Crippen LogP contribution < -0.4 is 5.32 Å². The van der Waals surface area contributed by atoms with Gasteiger partial charge >= 0.3 is 5.97 Å². The van der Waals surface area contributed by atoms with E-state index in [1.165, 1.54) is 13.2 Å². The molecule has 0 saturated heterocycles. The molecule has 1 amide bonds. The number of aryl methyl sites for hydroxylation is 1. The third kappa shape index (κ3) is 4.28. The van der Waals surface area contributed by atoms with Crippen molar-refractivity contribution in [2.45, 2.75) is 6.92 Å². The summed E-state index contributed by atoms with van der Waals surface area (Å²) >= 11 is 0. The van der Waals surface area contributed by atoms with Gasteiger partial charge in [-0.05, 0) is 42.8 Å². The molecule has 0 atom stereocenters. The second-order valence-corrected chi connectivity index (χ2v) is 4.60. The Morgan fingerprint density at radius 3 is 2.50 bits per heavy atom. The van der Waals surface area contributed by atoms with Gasteiger partial charge in [0.25, 0.3) is 0 Å². The molecule has 0 radical (unpaired) electrons. The van der Waals surface area contributed by atoms with Crippen LogP contribution >= 0.6 is 0 Å². The maximum atomic E-state index is 11.8. The number of carbonyl (C=O) groups is 2. The number of hydrogen-bond acceptors (Lipinski definition) is 4. The number of amides is 1. The van der Waals surface area contributed by atoms with Crippen LogP contribution in [0.5, 0.6) is 0 Å². The van der Waals surface area contributed by atoms with Gasteiger partial charge in [-0.2, -0.15) is 0 Å². The number of carbonyl (C=O) groups excluding carboxylic acids is 2. The predicted molar refractivity (Wildman–Crippen MR) is 84.4 cm³/mol. The third-order valence-electron chi connectivity index (χ3n) is 2.90. The molecule has 1 N–H and O–H groups in total. The normalized spacial score (nSPS) is 10.5. The Bertz CT molecular complexity index is 706. The van der Waals surface area contributed by atoms with Crippen LogP contribution in [0.3, 0.4) is 0 Å². The molecular formula is C17H16N2O3. The summed E-state index contributed by atoms with van der Waals surface area (Å²) in [5.41, 5.74) is 2.10. The average Bonchev–Trinajstić information content (AvgIpc) is 2.52. The van der Waals surface area contributed by atoms with Crippen LogP contribution in [0, 0.1) is 6.92 Å². The van der Waals surface area contributed by atoms with Gasteiger partial charge in [0.1, 0.15) is 5.82 Å². The number of pyridine rings is 1. The largest absolute Gasteiger partial charge is 0.465 e. The number of aromatic nitrogens is 1. The van der Waals surface area contributed by atoms with E-state index in [0.717, 1.165) is 11.3 Å². The second kappa shape index (κ2) is 7.17. The summed E-state index contributed by atoms with van der Waals surface area (Å²) in [6, 6.07) is 12.2. The van der Waals surface area contributed by atoms with Gasteiger partial charge in [-0.1, -0.05) is 18.2 Å². The Balaban J connectivity index is 1.99. The molecule has 2 aromatic rings. The van der Waals surface area contributed by atoms with Gasteiger partial charge in [0.2, 0.25) is 5.91 Å². The minimum atomic E-state index is -0.390. The Labute approximate surface area is 128 Å². The summed E-state index contributed by atoms with van der Waals surface area (Å²) in [6.07, 6.45) is 3.07. The van der Waals surface area contributed by atoms with E-state index in [1.807, 2.05) is 19.1 Å². The number of benzene rings is 1. The number of esters is 1. The van der Waals surface area contributed by atoms with Crippen molar-refractivity contribution in [1.82, 2.24) is 4.98 Å². The molecule has 0 aliphatic heterocycles. The lowest BCUT2D eigenvalue weighted by Crippen LogP contribution is -2.09. The summed E-state index contributed by atoms with van der Waals surface area (Å²) < 4.78 is 4.62. The van der Waals surface area contributed by atoms with Crippen LogP contribution in [0.25, 0.3) is 6.08 Å². The Morgan fingerprint density at radius 1 is 1.14 bits per heavy atom. The minimum Gasteiger partial charge on any atom is -0.465 e. The summed E-state index contributed by atoms with van der Waals surface area (Å²) in [7, 11) is 1.33. The highest BCUT2D eigenvalue weighted by molar-refractivity contribution is 6.01. The van der Waals surface area contributed by atoms with Crippen molar-refractivity contribution in [2.24, 2.45) is 0 Å². The summed E-state index contributed by atoms with van der Waals surface area (Å²) in [6.45, 7) is 1.86. The van der Waals surface area contributed by atoms with Crippen molar-refractivity contribution in [3.8, 4) is 0 Å². The van der Waals surface area contributed by atoms with E-state index in [0.29, 0.717) is 11.4 Å². The lowest BCUT2D eigenvalue weighted by atomic mass is 10.1. The molecule has 1 heterocycles. The smallest absolute Gasteiger partial charge is 0.337 e. The van der Waals surface area contributed by atoms with Gasteiger partial charge in [0.15, 0.2) is 0 Å². The number of rotatable bonds is 4. The molecule has 5 nitrogen and oxygen atoms in total. The highest BCUT2D eigenvalue weighted by atomic mass is 16.5. The molecule has 2 rings (SSSR count). The lowest BCUT2D eigenvalue weighted by Gasteiger charge is -2.02.